The van der Waals surface area contributed by atoms with Crippen molar-refractivity contribution in [1.29, 1.82) is 0 Å². The minimum atomic E-state index is 0.279. The zero-order chi connectivity index (χ0) is 18.5. The lowest BCUT2D eigenvalue weighted by molar-refractivity contribution is -0.686. The van der Waals surface area contributed by atoms with E-state index in [4.69, 9.17) is 18.9 Å². The van der Waals surface area contributed by atoms with E-state index in [1.165, 1.54) is 5.56 Å². The molecule has 0 saturated carbocycles. The number of ether oxygens (including phenoxy) is 4. The van der Waals surface area contributed by atoms with Gasteiger partial charge >= 0.3 is 0 Å². The van der Waals surface area contributed by atoms with E-state index in [1.54, 1.807) is 14.2 Å². The summed E-state index contributed by atoms with van der Waals surface area (Å²) in [6.45, 7) is 5.24. The van der Waals surface area contributed by atoms with Crippen molar-refractivity contribution in [2.24, 2.45) is 0 Å². The molecule has 0 fully saturated rings. The molecule has 0 saturated heterocycles. The van der Waals surface area contributed by atoms with E-state index in [1.807, 2.05) is 12.1 Å². The lowest BCUT2D eigenvalue weighted by Gasteiger charge is -2.19. The van der Waals surface area contributed by atoms with Crippen LogP contribution in [0.25, 0.3) is 28.1 Å². The smallest absolute Gasteiger partial charge is 0.231 e. The molecule has 0 unspecified atom stereocenters. The second-order valence-electron chi connectivity index (χ2n) is 6.66. The highest BCUT2D eigenvalue weighted by atomic mass is 16.7. The van der Waals surface area contributed by atoms with Crippen LogP contribution in [0.1, 0.15) is 11.1 Å². The summed E-state index contributed by atoms with van der Waals surface area (Å²) in [5, 5.41) is 2.10. The molecule has 3 aromatic rings. The number of pyridine rings is 1. The highest BCUT2D eigenvalue weighted by molar-refractivity contribution is 5.99. The molecule has 0 N–H and O–H groups in total. The molecular weight excluding hydrogens is 342 g/mol. The molecular formula is C22H20NO4+. The van der Waals surface area contributed by atoms with Crippen molar-refractivity contribution in [3.63, 3.8) is 0 Å². The van der Waals surface area contributed by atoms with Gasteiger partial charge in [0, 0.05) is 11.8 Å². The maximum absolute atomic E-state index is 5.66. The standard InChI is InChI=1S/C22H20NO4/c1-4-14-15-5-6-18(24-2)22(25-3)17(15)11-23-8-7-13-9-19-20(27-12-26-19)10-16(13)21(14)23/h4-6,9-11H,1,7-8,12H2,2-3H3/q+1. The molecule has 5 rings (SSSR count). The average molecular weight is 362 g/mol. The molecule has 5 heteroatoms. The van der Waals surface area contributed by atoms with Crippen LogP contribution in [0.4, 0.5) is 0 Å². The summed E-state index contributed by atoms with van der Waals surface area (Å²) in [5.41, 5.74) is 4.65. The summed E-state index contributed by atoms with van der Waals surface area (Å²) < 4.78 is 24.6. The molecule has 5 nitrogen and oxygen atoms in total. The second kappa shape index (κ2) is 5.91. The third-order valence-corrected chi connectivity index (χ3v) is 5.38. The Morgan fingerprint density at radius 3 is 2.63 bits per heavy atom. The fraction of sp³-hybridized carbons (Fsp3) is 0.227. The monoisotopic (exact) mass is 362 g/mol. The van der Waals surface area contributed by atoms with E-state index in [2.05, 4.69) is 35.5 Å². The van der Waals surface area contributed by atoms with Crippen molar-refractivity contribution in [3.8, 4) is 34.3 Å². The van der Waals surface area contributed by atoms with Gasteiger partial charge in [-0.25, -0.2) is 0 Å². The zero-order valence-electron chi connectivity index (χ0n) is 15.4. The first-order chi connectivity index (χ1) is 13.2. The number of fused-ring (bicyclic) bond motifs is 5. The number of hydrogen-bond donors (Lipinski definition) is 0. The molecule has 2 aliphatic rings. The van der Waals surface area contributed by atoms with Crippen LogP contribution in [0.15, 0.2) is 37.0 Å². The number of nitrogens with zero attached hydrogens (tertiary/aromatic N) is 1. The van der Waals surface area contributed by atoms with Gasteiger partial charge in [-0.15, -0.1) is 0 Å². The highest BCUT2D eigenvalue weighted by Crippen LogP contribution is 2.43. The number of benzene rings is 2. The van der Waals surface area contributed by atoms with E-state index in [0.717, 1.165) is 63.6 Å². The van der Waals surface area contributed by atoms with Gasteiger partial charge in [-0.1, -0.05) is 12.7 Å². The Morgan fingerprint density at radius 1 is 1.07 bits per heavy atom. The molecule has 0 aliphatic carbocycles. The number of aryl methyl sites for hydroxylation is 2. The Kier molecular flexibility index (Phi) is 3.50. The lowest BCUT2D eigenvalue weighted by atomic mass is 9.91. The Balaban J connectivity index is 1.85. The summed E-state index contributed by atoms with van der Waals surface area (Å²) in [7, 11) is 3.33. The predicted molar refractivity (Wildman–Crippen MR) is 103 cm³/mol. The molecule has 27 heavy (non-hydrogen) atoms. The molecule has 136 valence electrons. The summed E-state index contributed by atoms with van der Waals surface area (Å²) >= 11 is 0. The second-order valence-corrected chi connectivity index (χ2v) is 6.66. The summed E-state index contributed by atoms with van der Waals surface area (Å²) in [5.74, 6) is 3.09. The van der Waals surface area contributed by atoms with Crippen molar-refractivity contribution in [2.75, 3.05) is 21.0 Å². The average Bonchev–Trinajstić information content (AvgIpc) is 3.16. The quantitative estimate of drug-likeness (QED) is 0.666. The van der Waals surface area contributed by atoms with E-state index in [0.29, 0.717) is 0 Å². The van der Waals surface area contributed by atoms with Gasteiger partial charge in [0.1, 0.15) is 0 Å². The Bertz CT molecular complexity index is 1100. The first kappa shape index (κ1) is 16.0. The van der Waals surface area contributed by atoms with E-state index in [-0.39, 0.29) is 6.79 Å². The van der Waals surface area contributed by atoms with Crippen molar-refractivity contribution < 1.29 is 23.5 Å². The lowest BCUT2D eigenvalue weighted by Crippen LogP contribution is -2.40. The summed E-state index contributed by atoms with van der Waals surface area (Å²) in [4.78, 5) is 0. The van der Waals surface area contributed by atoms with Crippen molar-refractivity contribution in [1.82, 2.24) is 0 Å². The number of hydrogen-bond acceptors (Lipinski definition) is 4. The Labute approximate surface area is 157 Å². The van der Waals surface area contributed by atoms with Crippen LogP contribution in [0.2, 0.25) is 0 Å². The summed E-state index contributed by atoms with van der Waals surface area (Å²) in [6.07, 6.45) is 4.99. The van der Waals surface area contributed by atoms with Crippen LogP contribution in [0.3, 0.4) is 0 Å². The number of aromatic nitrogens is 1. The van der Waals surface area contributed by atoms with Crippen LogP contribution >= 0.6 is 0 Å². The SMILES string of the molecule is C=Cc1c2[n+](cc3c(OC)c(OC)ccc13)CCc1cc3c(cc1-2)OCO3. The molecule has 1 aromatic heterocycles. The Hall–Kier alpha value is -3.21. The molecule has 0 spiro atoms. The Morgan fingerprint density at radius 2 is 1.89 bits per heavy atom. The predicted octanol–water partition coefficient (Wildman–Crippen LogP) is 3.74. The molecule has 0 atom stereocenters. The maximum atomic E-state index is 5.66. The summed E-state index contributed by atoms with van der Waals surface area (Å²) in [6, 6.07) is 8.19. The van der Waals surface area contributed by atoms with Crippen LogP contribution in [-0.4, -0.2) is 21.0 Å². The van der Waals surface area contributed by atoms with Gasteiger partial charge in [-0.3, -0.25) is 0 Å². The molecule has 3 heterocycles. The van der Waals surface area contributed by atoms with Crippen molar-refractivity contribution in [3.05, 3.63) is 48.2 Å². The highest BCUT2D eigenvalue weighted by Gasteiger charge is 2.31. The fourth-order valence-electron chi connectivity index (χ4n) is 4.15. The van der Waals surface area contributed by atoms with Gasteiger partial charge in [0.15, 0.2) is 35.7 Å². The van der Waals surface area contributed by atoms with E-state index >= 15 is 0 Å². The van der Waals surface area contributed by atoms with Crippen LogP contribution in [0.5, 0.6) is 23.0 Å². The first-order valence-electron chi connectivity index (χ1n) is 8.91. The van der Waals surface area contributed by atoms with Gasteiger partial charge in [0.2, 0.25) is 12.5 Å². The van der Waals surface area contributed by atoms with Crippen LogP contribution in [-0.2, 0) is 13.0 Å². The molecule has 2 aliphatic heterocycles. The van der Waals surface area contributed by atoms with Gasteiger partial charge < -0.3 is 18.9 Å². The number of rotatable bonds is 3. The van der Waals surface area contributed by atoms with E-state index < -0.39 is 0 Å². The molecule has 0 radical (unpaired) electrons. The number of methoxy groups -OCH3 is 2. The van der Waals surface area contributed by atoms with E-state index in [9.17, 15) is 0 Å². The molecule has 0 bridgehead atoms. The largest absolute Gasteiger partial charge is 0.493 e. The minimum absolute atomic E-state index is 0.279. The van der Waals surface area contributed by atoms with Gasteiger partial charge in [-0.2, -0.15) is 4.57 Å². The third-order valence-electron chi connectivity index (χ3n) is 5.38. The minimum Gasteiger partial charge on any atom is -0.493 e. The van der Waals surface area contributed by atoms with Crippen molar-refractivity contribution in [2.45, 2.75) is 13.0 Å². The van der Waals surface area contributed by atoms with Crippen LogP contribution < -0.4 is 23.5 Å². The van der Waals surface area contributed by atoms with Gasteiger partial charge in [0.05, 0.1) is 30.7 Å². The topological polar surface area (TPSA) is 40.8 Å². The molecule has 0 amide bonds. The normalized spacial score (nSPS) is 13.9. The van der Waals surface area contributed by atoms with Crippen molar-refractivity contribution >= 4 is 16.8 Å². The molecule has 2 aromatic carbocycles. The fourth-order valence-corrected chi connectivity index (χ4v) is 4.15. The third kappa shape index (κ3) is 2.21. The van der Waals surface area contributed by atoms with Gasteiger partial charge in [-0.05, 0) is 29.8 Å². The van der Waals surface area contributed by atoms with Gasteiger partial charge in [0.25, 0.3) is 0 Å². The zero-order valence-corrected chi connectivity index (χ0v) is 15.4. The first-order valence-corrected chi connectivity index (χ1v) is 8.91. The van der Waals surface area contributed by atoms with Crippen LogP contribution in [0, 0.1) is 0 Å². The maximum Gasteiger partial charge on any atom is 0.231 e.